The number of amides is 2. The maximum absolute atomic E-state index is 12.9. The summed E-state index contributed by atoms with van der Waals surface area (Å²) in [4.78, 5) is 26.9. The van der Waals surface area contributed by atoms with Crippen LogP contribution >= 0.6 is 24.2 Å². The number of nitrogens with zero attached hydrogens (tertiary/aromatic N) is 1. The molecule has 158 valence electrons. The number of benzene rings is 2. The molecular weight excluding hydrogens is 406 g/mol. The first-order valence-corrected chi connectivity index (χ1v) is 10.6. The lowest BCUT2D eigenvalue weighted by Gasteiger charge is -2.25. The van der Waals surface area contributed by atoms with E-state index >= 15 is 0 Å². The molecule has 0 saturated heterocycles. The number of nitrogens with two attached hydrogens (primary N) is 1. The van der Waals surface area contributed by atoms with Gasteiger partial charge in [-0.1, -0.05) is 48.0 Å². The predicted molar refractivity (Wildman–Crippen MR) is 125 cm³/mol. The van der Waals surface area contributed by atoms with Crippen molar-refractivity contribution in [2.45, 2.75) is 32.1 Å². The van der Waals surface area contributed by atoms with Gasteiger partial charge in [-0.05, 0) is 44.5 Å². The van der Waals surface area contributed by atoms with E-state index in [1.807, 2.05) is 73.3 Å². The second-order valence-corrected chi connectivity index (χ2v) is 8.08. The number of rotatable bonds is 10. The first-order valence-electron chi connectivity index (χ1n) is 9.50. The standard InChI is InChI=1S/C22H29N3O2S.ClH/c1-17-9-11-20(12-10-17)24-21(26)16-28-18(2)22(27)25(14-6-13-23)15-19-7-4-3-5-8-19;/h3-5,7-12,18H,6,13-16,23H2,1-2H3,(H,24,26);1H. The quantitative estimate of drug-likeness (QED) is 0.594. The normalized spacial score (nSPS) is 11.3. The molecule has 0 aliphatic carbocycles. The van der Waals surface area contributed by atoms with E-state index in [0.29, 0.717) is 19.6 Å². The van der Waals surface area contributed by atoms with Crippen LogP contribution in [0.3, 0.4) is 0 Å². The topological polar surface area (TPSA) is 75.4 Å². The molecule has 2 amide bonds. The van der Waals surface area contributed by atoms with E-state index < -0.39 is 0 Å². The Morgan fingerprint density at radius 1 is 1.10 bits per heavy atom. The third-order valence-corrected chi connectivity index (χ3v) is 5.44. The molecule has 0 aliphatic rings. The minimum Gasteiger partial charge on any atom is -0.337 e. The summed E-state index contributed by atoms with van der Waals surface area (Å²) in [5.41, 5.74) is 8.63. The highest BCUT2D eigenvalue weighted by Crippen LogP contribution is 2.17. The van der Waals surface area contributed by atoms with Gasteiger partial charge in [0.1, 0.15) is 0 Å². The van der Waals surface area contributed by atoms with Crippen LogP contribution in [0.25, 0.3) is 0 Å². The van der Waals surface area contributed by atoms with Gasteiger partial charge in [-0.3, -0.25) is 9.59 Å². The van der Waals surface area contributed by atoms with E-state index in [9.17, 15) is 9.59 Å². The van der Waals surface area contributed by atoms with Crippen molar-refractivity contribution in [2.75, 3.05) is 24.2 Å². The first-order chi connectivity index (χ1) is 13.5. The Hall–Kier alpha value is -2.02. The summed E-state index contributed by atoms with van der Waals surface area (Å²) in [6.07, 6.45) is 0.754. The van der Waals surface area contributed by atoms with Crippen LogP contribution in [0.15, 0.2) is 54.6 Å². The summed E-state index contributed by atoms with van der Waals surface area (Å²) in [5.74, 6) is 0.159. The van der Waals surface area contributed by atoms with Gasteiger partial charge in [-0.2, -0.15) is 0 Å². The van der Waals surface area contributed by atoms with Crippen molar-refractivity contribution in [1.29, 1.82) is 0 Å². The Kier molecular flexibility index (Phi) is 11.4. The van der Waals surface area contributed by atoms with Crippen molar-refractivity contribution in [3.63, 3.8) is 0 Å². The zero-order valence-corrected chi connectivity index (χ0v) is 18.6. The summed E-state index contributed by atoms with van der Waals surface area (Å²) in [6.45, 7) is 5.57. The number of anilines is 1. The number of carbonyl (C=O) groups excluding carboxylic acids is 2. The summed E-state index contributed by atoms with van der Waals surface area (Å²) in [7, 11) is 0. The molecule has 0 aliphatic heterocycles. The molecule has 29 heavy (non-hydrogen) atoms. The summed E-state index contributed by atoms with van der Waals surface area (Å²) < 4.78 is 0. The number of carbonyl (C=O) groups is 2. The summed E-state index contributed by atoms with van der Waals surface area (Å²) >= 11 is 1.35. The Morgan fingerprint density at radius 2 is 1.76 bits per heavy atom. The fourth-order valence-electron chi connectivity index (χ4n) is 2.72. The monoisotopic (exact) mass is 435 g/mol. The smallest absolute Gasteiger partial charge is 0.235 e. The van der Waals surface area contributed by atoms with Crippen LogP contribution in [0.4, 0.5) is 5.69 Å². The fourth-order valence-corrected chi connectivity index (χ4v) is 3.48. The van der Waals surface area contributed by atoms with Crippen LogP contribution < -0.4 is 11.1 Å². The maximum atomic E-state index is 12.9. The predicted octanol–water partition coefficient (Wildman–Crippen LogP) is 3.85. The van der Waals surface area contributed by atoms with Crippen LogP contribution in [0, 0.1) is 6.92 Å². The van der Waals surface area contributed by atoms with E-state index in [2.05, 4.69) is 5.32 Å². The minimum absolute atomic E-state index is 0. The Balaban J connectivity index is 0.00000420. The molecule has 5 nitrogen and oxygen atoms in total. The number of halogens is 1. The lowest BCUT2D eigenvalue weighted by atomic mass is 10.2. The average Bonchev–Trinajstić information content (AvgIpc) is 2.71. The number of thioether (sulfide) groups is 1. The zero-order chi connectivity index (χ0) is 20.4. The average molecular weight is 436 g/mol. The second-order valence-electron chi connectivity index (χ2n) is 6.76. The molecule has 2 rings (SSSR count). The first kappa shape index (κ1) is 25.0. The van der Waals surface area contributed by atoms with Crippen molar-refractivity contribution >= 4 is 41.7 Å². The van der Waals surface area contributed by atoms with E-state index in [-0.39, 0.29) is 35.2 Å². The Bertz CT molecular complexity index is 756. The highest BCUT2D eigenvalue weighted by molar-refractivity contribution is 8.01. The molecule has 0 saturated carbocycles. The van der Waals surface area contributed by atoms with Crippen LogP contribution in [-0.4, -0.2) is 40.8 Å². The number of nitrogens with one attached hydrogen (secondary N) is 1. The molecular formula is C22H30ClN3O2S. The lowest BCUT2D eigenvalue weighted by Crippen LogP contribution is -2.38. The van der Waals surface area contributed by atoms with Gasteiger partial charge in [0.05, 0.1) is 11.0 Å². The summed E-state index contributed by atoms with van der Waals surface area (Å²) in [6, 6.07) is 17.6. The molecule has 0 aromatic heterocycles. The molecule has 7 heteroatoms. The molecule has 0 fully saturated rings. The minimum atomic E-state index is -0.301. The van der Waals surface area contributed by atoms with Crippen molar-refractivity contribution < 1.29 is 9.59 Å². The highest BCUT2D eigenvalue weighted by Gasteiger charge is 2.21. The van der Waals surface area contributed by atoms with Crippen LogP contribution in [-0.2, 0) is 16.1 Å². The van der Waals surface area contributed by atoms with Crippen molar-refractivity contribution in [2.24, 2.45) is 5.73 Å². The van der Waals surface area contributed by atoms with Crippen molar-refractivity contribution in [3.8, 4) is 0 Å². The van der Waals surface area contributed by atoms with E-state index in [1.54, 1.807) is 0 Å². The van der Waals surface area contributed by atoms with Gasteiger partial charge in [-0.25, -0.2) is 0 Å². The number of aryl methyl sites for hydroxylation is 1. The highest BCUT2D eigenvalue weighted by atomic mass is 35.5. The Morgan fingerprint density at radius 3 is 2.38 bits per heavy atom. The number of hydrogen-bond donors (Lipinski definition) is 2. The Labute approximate surface area is 183 Å². The molecule has 0 spiro atoms. The molecule has 2 aromatic carbocycles. The van der Waals surface area contributed by atoms with Gasteiger partial charge in [0.2, 0.25) is 11.8 Å². The molecule has 0 radical (unpaired) electrons. The molecule has 1 atom stereocenters. The van der Waals surface area contributed by atoms with Crippen molar-refractivity contribution in [1.82, 2.24) is 4.90 Å². The van der Waals surface area contributed by atoms with Crippen LogP contribution in [0.2, 0.25) is 0 Å². The zero-order valence-electron chi connectivity index (χ0n) is 17.0. The number of hydrogen-bond acceptors (Lipinski definition) is 4. The van der Waals surface area contributed by atoms with Crippen molar-refractivity contribution in [3.05, 3.63) is 65.7 Å². The molecule has 0 bridgehead atoms. The van der Waals surface area contributed by atoms with Gasteiger partial charge in [-0.15, -0.1) is 24.2 Å². The second kappa shape index (κ2) is 13.2. The molecule has 3 N–H and O–H groups in total. The summed E-state index contributed by atoms with van der Waals surface area (Å²) in [5, 5.41) is 2.56. The molecule has 0 heterocycles. The maximum Gasteiger partial charge on any atom is 0.235 e. The lowest BCUT2D eigenvalue weighted by molar-refractivity contribution is -0.131. The van der Waals surface area contributed by atoms with Gasteiger partial charge < -0.3 is 16.0 Å². The third-order valence-electron chi connectivity index (χ3n) is 4.31. The van der Waals surface area contributed by atoms with E-state index in [0.717, 1.165) is 23.2 Å². The van der Waals surface area contributed by atoms with Crippen LogP contribution in [0.5, 0.6) is 0 Å². The van der Waals surface area contributed by atoms with Gasteiger partial charge >= 0.3 is 0 Å². The van der Waals surface area contributed by atoms with E-state index in [1.165, 1.54) is 11.8 Å². The van der Waals surface area contributed by atoms with Gasteiger partial charge in [0.15, 0.2) is 0 Å². The van der Waals surface area contributed by atoms with E-state index in [4.69, 9.17) is 5.73 Å². The van der Waals surface area contributed by atoms with Crippen LogP contribution in [0.1, 0.15) is 24.5 Å². The molecule has 2 aromatic rings. The molecule has 1 unspecified atom stereocenters. The SMILES string of the molecule is Cc1ccc(NC(=O)CSC(C)C(=O)N(CCCN)Cc2ccccc2)cc1.Cl. The largest absolute Gasteiger partial charge is 0.337 e. The fraction of sp³-hybridized carbons (Fsp3) is 0.364. The van der Waals surface area contributed by atoms with Gasteiger partial charge in [0, 0.05) is 18.8 Å². The van der Waals surface area contributed by atoms with Gasteiger partial charge in [0.25, 0.3) is 0 Å². The third kappa shape index (κ3) is 8.90.